The van der Waals surface area contributed by atoms with Crippen LogP contribution in [0.5, 0.6) is 0 Å². The van der Waals surface area contributed by atoms with Gasteiger partial charge in [0.2, 0.25) is 11.1 Å². The molecule has 0 fully saturated rings. The average molecular weight is 514 g/mol. The lowest BCUT2D eigenvalue weighted by atomic mass is 10.3. The number of benzene rings is 2. The van der Waals surface area contributed by atoms with Gasteiger partial charge in [-0.25, -0.2) is 0 Å². The van der Waals surface area contributed by atoms with Gasteiger partial charge in [0.25, 0.3) is 5.69 Å². The van der Waals surface area contributed by atoms with E-state index in [0.29, 0.717) is 19.8 Å². The summed E-state index contributed by atoms with van der Waals surface area (Å²) < 4.78 is 2.34. The van der Waals surface area contributed by atoms with E-state index in [0.717, 1.165) is 5.69 Å². The van der Waals surface area contributed by atoms with Crippen LogP contribution in [-0.2, 0) is 4.79 Å². The van der Waals surface area contributed by atoms with Crippen molar-refractivity contribution in [2.24, 2.45) is 0 Å². The number of aromatic nitrogens is 4. The zero-order chi connectivity index (χ0) is 19.4. The smallest absolute Gasteiger partial charge is 0.271 e. The number of nitro benzene ring substituents is 1. The molecule has 0 aliphatic carbocycles. The van der Waals surface area contributed by atoms with Gasteiger partial charge < -0.3 is 5.32 Å². The first-order valence-corrected chi connectivity index (χ1v) is 9.92. The monoisotopic (exact) mass is 512 g/mol. The molecular formula is C15H10Br2N6O3S. The zero-order valence-corrected chi connectivity index (χ0v) is 17.4. The minimum Gasteiger partial charge on any atom is -0.323 e. The highest BCUT2D eigenvalue weighted by Gasteiger charge is 2.17. The van der Waals surface area contributed by atoms with Crippen LogP contribution < -0.4 is 5.32 Å². The van der Waals surface area contributed by atoms with E-state index in [2.05, 4.69) is 52.7 Å². The van der Waals surface area contributed by atoms with Gasteiger partial charge in [-0.3, -0.25) is 14.9 Å². The molecule has 12 heteroatoms. The fourth-order valence-electron chi connectivity index (χ4n) is 2.09. The molecule has 138 valence electrons. The number of halogens is 2. The summed E-state index contributed by atoms with van der Waals surface area (Å²) in [6.45, 7) is 0. The number of anilines is 1. The first kappa shape index (κ1) is 19.5. The normalized spacial score (nSPS) is 10.6. The van der Waals surface area contributed by atoms with E-state index in [1.165, 1.54) is 28.6 Å². The Hall–Kier alpha value is -2.31. The molecule has 1 N–H and O–H groups in total. The number of tetrazole rings is 1. The number of thioether (sulfide) groups is 1. The van der Waals surface area contributed by atoms with E-state index in [4.69, 9.17) is 0 Å². The van der Waals surface area contributed by atoms with E-state index in [-0.39, 0.29) is 17.3 Å². The third-order valence-electron chi connectivity index (χ3n) is 3.28. The van der Waals surface area contributed by atoms with Crippen molar-refractivity contribution < 1.29 is 9.72 Å². The van der Waals surface area contributed by atoms with Gasteiger partial charge in [0.1, 0.15) is 0 Å². The maximum absolute atomic E-state index is 12.3. The molecule has 3 rings (SSSR count). The Morgan fingerprint density at radius 2 is 1.89 bits per heavy atom. The number of nitro groups is 1. The number of nitrogens with zero attached hydrogens (tertiary/aromatic N) is 5. The van der Waals surface area contributed by atoms with Gasteiger partial charge in [0, 0.05) is 21.1 Å². The van der Waals surface area contributed by atoms with Gasteiger partial charge in [-0.15, -0.1) is 5.10 Å². The SMILES string of the molecule is O=C(CSc1nnnn1-c1ccccc1)Nc1c(Br)cc([N+](=O)[O-])cc1Br. The van der Waals surface area contributed by atoms with Crippen LogP contribution in [0.1, 0.15) is 0 Å². The largest absolute Gasteiger partial charge is 0.323 e. The van der Waals surface area contributed by atoms with Gasteiger partial charge in [-0.1, -0.05) is 30.0 Å². The number of rotatable bonds is 6. The number of para-hydroxylation sites is 1. The lowest BCUT2D eigenvalue weighted by Crippen LogP contribution is -2.15. The molecular weight excluding hydrogens is 504 g/mol. The Morgan fingerprint density at radius 1 is 1.22 bits per heavy atom. The Balaban J connectivity index is 1.68. The molecule has 1 amide bonds. The van der Waals surface area contributed by atoms with Gasteiger partial charge in [-0.05, 0) is 54.4 Å². The van der Waals surface area contributed by atoms with Crippen molar-refractivity contribution in [3.05, 3.63) is 61.5 Å². The highest BCUT2D eigenvalue weighted by atomic mass is 79.9. The number of amides is 1. The third-order valence-corrected chi connectivity index (χ3v) is 5.45. The summed E-state index contributed by atoms with van der Waals surface area (Å²) in [7, 11) is 0. The van der Waals surface area contributed by atoms with Crippen LogP contribution in [0.15, 0.2) is 56.6 Å². The second kappa shape index (κ2) is 8.59. The minimum absolute atomic E-state index is 0.0586. The maximum Gasteiger partial charge on any atom is 0.271 e. The van der Waals surface area contributed by atoms with Crippen molar-refractivity contribution >= 4 is 60.9 Å². The van der Waals surface area contributed by atoms with E-state index < -0.39 is 4.92 Å². The molecule has 9 nitrogen and oxygen atoms in total. The zero-order valence-electron chi connectivity index (χ0n) is 13.4. The van der Waals surface area contributed by atoms with E-state index >= 15 is 0 Å². The molecule has 0 atom stereocenters. The number of carbonyl (C=O) groups excluding carboxylic acids is 1. The molecule has 0 radical (unpaired) electrons. The molecule has 2 aromatic carbocycles. The Kier molecular flexibility index (Phi) is 6.19. The fourth-order valence-corrected chi connectivity index (χ4v) is 4.14. The van der Waals surface area contributed by atoms with Crippen molar-refractivity contribution in [3.63, 3.8) is 0 Å². The lowest BCUT2D eigenvalue weighted by Gasteiger charge is -2.09. The quantitative estimate of drug-likeness (QED) is 0.302. The van der Waals surface area contributed by atoms with Crippen molar-refractivity contribution in [2.75, 3.05) is 11.1 Å². The van der Waals surface area contributed by atoms with Crippen LogP contribution in [0.4, 0.5) is 11.4 Å². The van der Waals surface area contributed by atoms with Gasteiger partial charge in [0.05, 0.1) is 22.1 Å². The standard InChI is InChI=1S/C15H10Br2N6O3S/c16-11-6-10(23(25)26)7-12(17)14(11)18-13(24)8-27-15-19-20-21-22(15)9-4-2-1-3-5-9/h1-7H,8H2,(H,18,24). The van der Waals surface area contributed by atoms with Gasteiger partial charge in [-0.2, -0.15) is 4.68 Å². The van der Waals surface area contributed by atoms with E-state index in [1.807, 2.05) is 30.3 Å². The summed E-state index contributed by atoms with van der Waals surface area (Å²) in [6.07, 6.45) is 0. The lowest BCUT2D eigenvalue weighted by molar-refractivity contribution is -0.385. The van der Waals surface area contributed by atoms with Crippen LogP contribution >= 0.6 is 43.6 Å². The molecule has 0 bridgehead atoms. The molecule has 0 aliphatic rings. The molecule has 0 spiro atoms. The van der Waals surface area contributed by atoms with Crippen LogP contribution in [0.25, 0.3) is 5.69 Å². The number of hydrogen-bond donors (Lipinski definition) is 1. The van der Waals surface area contributed by atoms with Crippen molar-refractivity contribution in [3.8, 4) is 5.69 Å². The van der Waals surface area contributed by atoms with Crippen molar-refractivity contribution in [1.29, 1.82) is 0 Å². The molecule has 0 aliphatic heterocycles. The number of non-ortho nitro benzene ring substituents is 1. The highest BCUT2D eigenvalue weighted by molar-refractivity contribution is 9.11. The van der Waals surface area contributed by atoms with Crippen LogP contribution in [-0.4, -0.2) is 36.8 Å². The molecule has 1 aromatic heterocycles. The predicted molar refractivity (Wildman–Crippen MR) is 107 cm³/mol. The second-order valence-corrected chi connectivity index (χ2v) is 7.74. The van der Waals surface area contributed by atoms with Crippen LogP contribution in [0, 0.1) is 10.1 Å². The molecule has 0 saturated carbocycles. The van der Waals surface area contributed by atoms with Crippen molar-refractivity contribution in [2.45, 2.75) is 5.16 Å². The van der Waals surface area contributed by atoms with Gasteiger partial charge >= 0.3 is 0 Å². The number of carbonyl (C=O) groups is 1. The van der Waals surface area contributed by atoms with Crippen LogP contribution in [0.3, 0.4) is 0 Å². The summed E-state index contributed by atoms with van der Waals surface area (Å²) in [5, 5.41) is 25.6. The molecule has 27 heavy (non-hydrogen) atoms. The van der Waals surface area contributed by atoms with E-state index in [9.17, 15) is 14.9 Å². The maximum atomic E-state index is 12.3. The fraction of sp³-hybridized carbons (Fsp3) is 0.0667. The first-order valence-electron chi connectivity index (χ1n) is 7.35. The molecule has 1 heterocycles. The highest BCUT2D eigenvalue weighted by Crippen LogP contribution is 2.35. The summed E-state index contributed by atoms with van der Waals surface area (Å²) in [5.74, 6) is -0.249. The topological polar surface area (TPSA) is 116 Å². The predicted octanol–water partition coefficient (Wildman–Crippen LogP) is 3.83. The summed E-state index contributed by atoms with van der Waals surface area (Å²) in [5.41, 5.74) is 1.10. The van der Waals surface area contributed by atoms with Crippen LogP contribution in [0.2, 0.25) is 0 Å². The Labute approximate surface area is 173 Å². The third kappa shape index (κ3) is 4.70. The second-order valence-electron chi connectivity index (χ2n) is 5.09. The summed E-state index contributed by atoms with van der Waals surface area (Å²) in [6, 6.07) is 12.0. The summed E-state index contributed by atoms with van der Waals surface area (Å²) in [4.78, 5) is 22.7. The minimum atomic E-state index is -0.514. The van der Waals surface area contributed by atoms with Gasteiger partial charge in [0.15, 0.2) is 0 Å². The molecule has 0 saturated heterocycles. The van der Waals surface area contributed by atoms with E-state index in [1.54, 1.807) is 0 Å². The summed E-state index contributed by atoms with van der Waals surface area (Å²) >= 11 is 7.64. The molecule has 0 unspecified atom stereocenters. The Bertz CT molecular complexity index is 975. The average Bonchev–Trinajstić information content (AvgIpc) is 3.12. The Morgan fingerprint density at radius 3 is 2.52 bits per heavy atom. The first-order chi connectivity index (χ1) is 13.0. The number of hydrogen-bond acceptors (Lipinski definition) is 7. The van der Waals surface area contributed by atoms with Crippen molar-refractivity contribution in [1.82, 2.24) is 20.2 Å². The molecule has 3 aromatic rings. The number of nitrogens with one attached hydrogen (secondary N) is 1.